The molecule has 2 aromatic heterocycles. The molecular weight excluding hydrogens is 306 g/mol. The van der Waals surface area contributed by atoms with Crippen LogP contribution in [0.2, 0.25) is 0 Å². The van der Waals surface area contributed by atoms with Gasteiger partial charge < -0.3 is 14.7 Å². The first-order chi connectivity index (χ1) is 11.5. The molecule has 3 rings (SSSR count). The molecule has 2 aromatic rings. The quantitative estimate of drug-likeness (QED) is 0.925. The Bertz CT molecular complexity index is 740. The van der Waals surface area contributed by atoms with Crippen LogP contribution in [0.4, 0.5) is 5.82 Å². The molecule has 1 aliphatic rings. The second-order valence-corrected chi connectivity index (χ2v) is 6.71. The zero-order valence-corrected chi connectivity index (χ0v) is 14.8. The average Bonchev–Trinajstić information content (AvgIpc) is 2.96. The first-order valence-electron chi connectivity index (χ1n) is 8.67. The predicted molar refractivity (Wildman–Crippen MR) is 91.9 cm³/mol. The Morgan fingerprint density at radius 1 is 1.42 bits per heavy atom. The highest BCUT2D eigenvalue weighted by molar-refractivity contribution is 5.89. The molecule has 0 bridgehead atoms. The van der Waals surface area contributed by atoms with E-state index >= 15 is 0 Å². The van der Waals surface area contributed by atoms with Crippen molar-refractivity contribution in [2.24, 2.45) is 5.92 Å². The normalized spacial score (nSPS) is 18.4. The van der Waals surface area contributed by atoms with Crippen molar-refractivity contribution in [1.82, 2.24) is 20.4 Å². The molecule has 0 spiro atoms. The smallest absolute Gasteiger partial charge is 0.263 e. The van der Waals surface area contributed by atoms with Gasteiger partial charge in [0.25, 0.3) is 5.71 Å². The predicted octanol–water partition coefficient (Wildman–Crippen LogP) is 2.23. The van der Waals surface area contributed by atoms with Crippen molar-refractivity contribution < 1.29 is 9.32 Å². The van der Waals surface area contributed by atoms with E-state index in [4.69, 9.17) is 4.52 Å². The SMILES string of the molecule is CCc1noc2nc(C)nc(N3CCCC(C(=O)NC(C)C)C3)c12. The fraction of sp³-hybridized carbons (Fsp3) is 0.647. The van der Waals surface area contributed by atoms with Gasteiger partial charge in [0, 0.05) is 19.1 Å². The minimum atomic E-state index is -0.0172. The number of nitrogens with one attached hydrogen (secondary N) is 1. The molecule has 130 valence electrons. The maximum absolute atomic E-state index is 12.4. The fourth-order valence-electron chi connectivity index (χ4n) is 3.25. The van der Waals surface area contributed by atoms with Crippen LogP contribution in [0.1, 0.15) is 45.1 Å². The number of amides is 1. The lowest BCUT2D eigenvalue weighted by atomic mass is 9.96. The second-order valence-electron chi connectivity index (χ2n) is 6.71. The molecule has 7 heteroatoms. The number of carbonyl (C=O) groups is 1. The molecule has 1 amide bonds. The number of fused-ring (bicyclic) bond motifs is 1. The molecule has 7 nitrogen and oxygen atoms in total. The Morgan fingerprint density at radius 3 is 2.92 bits per heavy atom. The van der Waals surface area contributed by atoms with Crippen molar-refractivity contribution in [2.45, 2.75) is 53.0 Å². The second kappa shape index (κ2) is 6.75. The lowest BCUT2D eigenvalue weighted by Crippen LogP contribution is -2.45. The Kier molecular flexibility index (Phi) is 4.69. The van der Waals surface area contributed by atoms with Crippen LogP contribution in [0.3, 0.4) is 0 Å². The molecular formula is C17H25N5O2. The van der Waals surface area contributed by atoms with E-state index in [0.29, 0.717) is 18.1 Å². The number of rotatable bonds is 4. The van der Waals surface area contributed by atoms with E-state index < -0.39 is 0 Å². The summed E-state index contributed by atoms with van der Waals surface area (Å²) in [7, 11) is 0. The van der Waals surface area contributed by atoms with Crippen molar-refractivity contribution in [1.29, 1.82) is 0 Å². The molecule has 1 aliphatic heterocycles. The van der Waals surface area contributed by atoms with Gasteiger partial charge in [-0.15, -0.1) is 0 Å². The van der Waals surface area contributed by atoms with Crippen LogP contribution in [0.5, 0.6) is 0 Å². The van der Waals surface area contributed by atoms with Gasteiger partial charge in [0.05, 0.1) is 11.6 Å². The Balaban J connectivity index is 1.92. The van der Waals surface area contributed by atoms with Crippen LogP contribution in [0.25, 0.3) is 11.1 Å². The molecule has 1 atom stereocenters. The summed E-state index contributed by atoms with van der Waals surface area (Å²) in [4.78, 5) is 23.6. The maximum Gasteiger partial charge on any atom is 0.263 e. The van der Waals surface area contributed by atoms with Gasteiger partial charge in [-0.3, -0.25) is 4.79 Å². The molecule has 1 fully saturated rings. The highest BCUT2D eigenvalue weighted by Crippen LogP contribution is 2.30. The van der Waals surface area contributed by atoms with Gasteiger partial charge in [0.2, 0.25) is 5.91 Å². The topological polar surface area (TPSA) is 84.2 Å². The number of nitrogens with zero attached hydrogens (tertiary/aromatic N) is 4. The van der Waals surface area contributed by atoms with Crippen molar-refractivity contribution in [3.05, 3.63) is 11.5 Å². The molecule has 24 heavy (non-hydrogen) atoms. The monoisotopic (exact) mass is 331 g/mol. The first kappa shape index (κ1) is 16.7. The third-order valence-corrected chi connectivity index (χ3v) is 4.36. The van der Waals surface area contributed by atoms with Crippen molar-refractivity contribution >= 4 is 22.8 Å². The zero-order valence-electron chi connectivity index (χ0n) is 14.8. The van der Waals surface area contributed by atoms with Gasteiger partial charge in [-0.25, -0.2) is 4.98 Å². The molecule has 0 aromatic carbocycles. The number of aromatic nitrogens is 3. The number of carbonyl (C=O) groups excluding carboxylic acids is 1. The number of anilines is 1. The van der Waals surface area contributed by atoms with Crippen LogP contribution in [0, 0.1) is 12.8 Å². The van der Waals surface area contributed by atoms with E-state index in [2.05, 4.69) is 25.3 Å². The van der Waals surface area contributed by atoms with Gasteiger partial charge in [0.1, 0.15) is 17.0 Å². The summed E-state index contributed by atoms with van der Waals surface area (Å²) < 4.78 is 5.37. The van der Waals surface area contributed by atoms with Crippen molar-refractivity contribution in [3.63, 3.8) is 0 Å². The zero-order chi connectivity index (χ0) is 17.3. The van der Waals surface area contributed by atoms with Crippen LogP contribution >= 0.6 is 0 Å². The summed E-state index contributed by atoms with van der Waals surface area (Å²) in [5, 5.41) is 8.02. The van der Waals surface area contributed by atoms with E-state index in [1.54, 1.807) is 0 Å². The summed E-state index contributed by atoms with van der Waals surface area (Å²) in [5.74, 6) is 1.61. The minimum absolute atomic E-state index is 0.0172. The van der Waals surface area contributed by atoms with Crippen LogP contribution < -0.4 is 10.2 Å². The summed E-state index contributed by atoms with van der Waals surface area (Å²) in [6.45, 7) is 9.41. The number of aryl methyl sites for hydroxylation is 2. The lowest BCUT2D eigenvalue weighted by molar-refractivity contribution is -0.125. The lowest BCUT2D eigenvalue weighted by Gasteiger charge is -2.33. The Hall–Kier alpha value is -2.18. The number of piperidine rings is 1. The van der Waals surface area contributed by atoms with E-state index in [-0.39, 0.29) is 17.9 Å². The van der Waals surface area contributed by atoms with Gasteiger partial charge in [0.15, 0.2) is 0 Å². The number of hydrogen-bond donors (Lipinski definition) is 1. The van der Waals surface area contributed by atoms with Crippen molar-refractivity contribution in [2.75, 3.05) is 18.0 Å². The van der Waals surface area contributed by atoms with Gasteiger partial charge >= 0.3 is 0 Å². The maximum atomic E-state index is 12.4. The molecule has 1 unspecified atom stereocenters. The third kappa shape index (κ3) is 3.20. The van der Waals surface area contributed by atoms with E-state index in [1.165, 1.54) is 0 Å². The van der Waals surface area contributed by atoms with Gasteiger partial charge in [-0.2, -0.15) is 4.98 Å². The highest BCUT2D eigenvalue weighted by Gasteiger charge is 2.29. The molecule has 3 heterocycles. The number of hydrogen-bond acceptors (Lipinski definition) is 6. The summed E-state index contributed by atoms with van der Waals surface area (Å²) in [5.41, 5.74) is 1.40. The standard InChI is InChI=1S/C17H25N5O2/c1-5-13-14-15(19-11(4)20-17(14)24-21-13)22-8-6-7-12(9-22)16(23)18-10(2)3/h10,12H,5-9H2,1-4H3,(H,18,23). The van der Waals surface area contributed by atoms with E-state index in [0.717, 1.165) is 42.7 Å². The Labute approximate surface area is 141 Å². The molecule has 0 aliphatic carbocycles. The average molecular weight is 331 g/mol. The van der Waals surface area contributed by atoms with Crippen LogP contribution in [-0.4, -0.2) is 40.2 Å². The third-order valence-electron chi connectivity index (χ3n) is 4.36. The molecule has 1 N–H and O–H groups in total. The van der Waals surface area contributed by atoms with Gasteiger partial charge in [-0.05, 0) is 40.0 Å². The minimum Gasteiger partial charge on any atom is -0.355 e. The molecule has 0 saturated carbocycles. The molecule has 0 radical (unpaired) electrons. The Morgan fingerprint density at radius 2 is 2.21 bits per heavy atom. The highest BCUT2D eigenvalue weighted by atomic mass is 16.5. The summed E-state index contributed by atoms with van der Waals surface area (Å²) in [6.07, 6.45) is 2.64. The molecule has 1 saturated heterocycles. The first-order valence-corrected chi connectivity index (χ1v) is 8.67. The summed E-state index contributed by atoms with van der Waals surface area (Å²) in [6, 6.07) is 0.158. The summed E-state index contributed by atoms with van der Waals surface area (Å²) >= 11 is 0. The van der Waals surface area contributed by atoms with E-state index in [9.17, 15) is 4.79 Å². The van der Waals surface area contributed by atoms with E-state index in [1.807, 2.05) is 27.7 Å². The largest absolute Gasteiger partial charge is 0.355 e. The van der Waals surface area contributed by atoms with Gasteiger partial charge in [-0.1, -0.05) is 12.1 Å². The fourth-order valence-corrected chi connectivity index (χ4v) is 3.25. The van der Waals surface area contributed by atoms with Crippen LogP contribution in [-0.2, 0) is 11.2 Å². The van der Waals surface area contributed by atoms with Crippen LogP contribution in [0.15, 0.2) is 4.52 Å². The van der Waals surface area contributed by atoms with Crippen molar-refractivity contribution in [3.8, 4) is 0 Å².